The number of anilines is 1. The lowest BCUT2D eigenvalue weighted by Crippen LogP contribution is -2.49. The van der Waals surface area contributed by atoms with E-state index >= 15 is 0 Å². The SMILES string of the molecule is CCOC(=O)N1CCC(NC(=NC)NCc2cccc(NC(=O)C3CCC3)c2)CC1.I. The molecule has 172 valence electrons. The van der Waals surface area contributed by atoms with Gasteiger partial charge in [-0.3, -0.25) is 9.79 Å². The summed E-state index contributed by atoms with van der Waals surface area (Å²) in [5.74, 6) is 1.02. The van der Waals surface area contributed by atoms with Crippen molar-refractivity contribution in [2.24, 2.45) is 10.9 Å². The molecule has 8 nitrogen and oxygen atoms in total. The zero-order chi connectivity index (χ0) is 21.3. The summed E-state index contributed by atoms with van der Waals surface area (Å²) in [5, 5.41) is 9.79. The third kappa shape index (κ3) is 7.55. The van der Waals surface area contributed by atoms with Crippen LogP contribution in [0.2, 0.25) is 0 Å². The first-order valence-electron chi connectivity index (χ1n) is 10.9. The van der Waals surface area contributed by atoms with E-state index in [-0.39, 0.29) is 47.9 Å². The summed E-state index contributed by atoms with van der Waals surface area (Å²) in [6, 6.07) is 8.15. The molecule has 1 saturated carbocycles. The van der Waals surface area contributed by atoms with Crippen molar-refractivity contribution in [2.75, 3.05) is 32.1 Å². The number of guanidine groups is 1. The van der Waals surface area contributed by atoms with Gasteiger partial charge in [-0.25, -0.2) is 4.79 Å². The Kier molecular flexibility index (Phi) is 10.4. The second-order valence-corrected chi connectivity index (χ2v) is 7.85. The predicted octanol–water partition coefficient (Wildman–Crippen LogP) is 3.33. The molecule has 1 aliphatic carbocycles. The molecule has 2 fully saturated rings. The highest BCUT2D eigenvalue weighted by Gasteiger charge is 2.25. The minimum absolute atomic E-state index is 0. The van der Waals surface area contributed by atoms with Crippen molar-refractivity contribution in [3.63, 3.8) is 0 Å². The van der Waals surface area contributed by atoms with E-state index in [1.807, 2.05) is 31.2 Å². The first kappa shape index (κ1) is 25.2. The van der Waals surface area contributed by atoms with E-state index < -0.39 is 0 Å². The summed E-state index contributed by atoms with van der Waals surface area (Å²) in [6.45, 7) is 4.18. The molecule has 1 aromatic rings. The molecule has 2 amide bonds. The number of nitrogens with one attached hydrogen (secondary N) is 3. The molecular weight excluding hydrogens is 509 g/mol. The number of hydrogen-bond acceptors (Lipinski definition) is 4. The van der Waals surface area contributed by atoms with Gasteiger partial charge in [0.15, 0.2) is 5.96 Å². The first-order valence-corrected chi connectivity index (χ1v) is 10.9. The van der Waals surface area contributed by atoms with Crippen LogP contribution < -0.4 is 16.0 Å². The van der Waals surface area contributed by atoms with Crippen LogP contribution in [-0.2, 0) is 16.1 Å². The number of carbonyl (C=O) groups is 2. The minimum Gasteiger partial charge on any atom is -0.450 e. The van der Waals surface area contributed by atoms with E-state index in [4.69, 9.17) is 4.74 Å². The van der Waals surface area contributed by atoms with Gasteiger partial charge in [-0.2, -0.15) is 0 Å². The number of rotatable bonds is 6. The van der Waals surface area contributed by atoms with E-state index in [2.05, 4.69) is 20.9 Å². The number of carbonyl (C=O) groups excluding carboxylic acids is 2. The minimum atomic E-state index is -0.234. The predicted molar refractivity (Wildman–Crippen MR) is 133 cm³/mol. The van der Waals surface area contributed by atoms with Crippen LogP contribution in [0.1, 0.15) is 44.6 Å². The normalized spacial score (nSPS) is 17.2. The molecule has 2 aliphatic rings. The number of benzene rings is 1. The molecule has 0 radical (unpaired) electrons. The number of hydrogen-bond donors (Lipinski definition) is 3. The zero-order valence-electron chi connectivity index (χ0n) is 18.4. The van der Waals surface area contributed by atoms with E-state index in [0.717, 1.165) is 49.3 Å². The molecule has 3 rings (SSSR count). The lowest BCUT2D eigenvalue weighted by atomic mass is 9.85. The Hall–Kier alpha value is -2.04. The van der Waals surface area contributed by atoms with Crippen LogP contribution in [0.4, 0.5) is 10.5 Å². The van der Waals surface area contributed by atoms with Gasteiger partial charge in [-0.1, -0.05) is 18.6 Å². The van der Waals surface area contributed by atoms with Gasteiger partial charge in [0.25, 0.3) is 0 Å². The van der Waals surface area contributed by atoms with E-state index in [9.17, 15) is 9.59 Å². The summed E-state index contributed by atoms with van der Waals surface area (Å²) in [4.78, 5) is 30.0. The standard InChI is InChI=1S/C22H33N5O3.HI/c1-3-30-22(29)27-12-10-18(11-13-27)26-21(23-2)24-15-16-6-4-9-19(14-16)25-20(28)17-7-5-8-17;/h4,6,9,14,17-18H,3,5,7-8,10-13,15H2,1-2H3,(H,25,28)(H2,23,24,26);1H. The molecule has 0 atom stereocenters. The molecule has 9 heteroatoms. The maximum absolute atomic E-state index is 12.2. The van der Waals surface area contributed by atoms with E-state index in [0.29, 0.717) is 26.2 Å². The summed E-state index contributed by atoms with van der Waals surface area (Å²) in [6.07, 6.45) is 4.60. The summed E-state index contributed by atoms with van der Waals surface area (Å²) < 4.78 is 5.07. The molecular formula is C22H34IN5O3. The van der Waals surface area contributed by atoms with Crippen molar-refractivity contribution in [1.29, 1.82) is 0 Å². The topological polar surface area (TPSA) is 95.1 Å². The molecule has 0 unspecified atom stereocenters. The smallest absolute Gasteiger partial charge is 0.409 e. The van der Waals surface area contributed by atoms with Crippen LogP contribution in [0.5, 0.6) is 0 Å². The Morgan fingerprint density at radius 1 is 1.19 bits per heavy atom. The second-order valence-electron chi connectivity index (χ2n) is 7.85. The number of piperidine rings is 1. The fourth-order valence-electron chi connectivity index (χ4n) is 3.67. The maximum Gasteiger partial charge on any atom is 0.409 e. The van der Waals surface area contributed by atoms with Crippen LogP contribution in [-0.4, -0.2) is 55.6 Å². The number of nitrogens with zero attached hydrogens (tertiary/aromatic N) is 2. The van der Waals surface area contributed by atoms with Crippen LogP contribution in [0.15, 0.2) is 29.3 Å². The number of likely N-dealkylation sites (tertiary alicyclic amines) is 1. The molecule has 1 saturated heterocycles. The third-order valence-electron chi connectivity index (χ3n) is 5.72. The van der Waals surface area contributed by atoms with Crippen LogP contribution >= 0.6 is 24.0 Å². The van der Waals surface area contributed by atoms with E-state index in [1.54, 1.807) is 11.9 Å². The highest BCUT2D eigenvalue weighted by atomic mass is 127. The van der Waals surface area contributed by atoms with Crippen LogP contribution in [0.3, 0.4) is 0 Å². The molecule has 0 bridgehead atoms. The monoisotopic (exact) mass is 543 g/mol. The number of halogens is 1. The Labute approximate surface area is 201 Å². The molecule has 1 aliphatic heterocycles. The number of aliphatic imine (C=N–C) groups is 1. The van der Waals surface area contributed by atoms with Crippen molar-refractivity contribution in [3.8, 4) is 0 Å². The Balaban J connectivity index is 0.00000341. The van der Waals surface area contributed by atoms with Crippen molar-refractivity contribution in [3.05, 3.63) is 29.8 Å². The molecule has 3 N–H and O–H groups in total. The van der Waals surface area contributed by atoms with Crippen molar-refractivity contribution in [2.45, 2.75) is 51.6 Å². The molecule has 0 aromatic heterocycles. The van der Waals surface area contributed by atoms with Gasteiger partial charge in [0.1, 0.15) is 0 Å². The molecule has 31 heavy (non-hydrogen) atoms. The maximum atomic E-state index is 12.2. The zero-order valence-corrected chi connectivity index (χ0v) is 20.7. The van der Waals surface area contributed by atoms with Crippen LogP contribution in [0, 0.1) is 5.92 Å². The van der Waals surface area contributed by atoms with Gasteiger partial charge in [-0.05, 0) is 50.3 Å². The van der Waals surface area contributed by atoms with Gasteiger partial charge in [-0.15, -0.1) is 24.0 Å². The lowest BCUT2D eigenvalue weighted by molar-refractivity contribution is -0.122. The molecule has 0 spiro atoms. The second kappa shape index (κ2) is 12.7. The fraction of sp³-hybridized carbons (Fsp3) is 0.591. The Morgan fingerprint density at radius 2 is 1.94 bits per heavy atom. The quantitative estimate of drug-likeness (QED) is 0.291. The van der Waals surface area contributed by atoms with Crippen LogP contribution in [0.25, 0.3) is 0 Å². The third-order valence-corrected chi connectivity index (χ3v) is 5.72. The Morgan fingerprint density at radius 3 is 2.55 bits per heavy atom. The van der Waals surface area contributed by atoms with Gasteiger partial charge in [0.05, 0.1) is 6.61 Å². The Bertz CT molecular complexity index is 761. The summed E-state index contributed by atoms with van der Waals surface area (Å²) >= 11 is 0. The highest BCUT2D eigenvalue weighted by molar-refractivity contribution is 14.0. The largest absolute Gasteiger partial charge is 0.450 e. The number of ether oxygens (including phenoxy) is 1. The van der Waals surface area contributed by atoms with Gasteiger partial charge < -0.3 is 25.6 Å². The number of amides is 2. The first-order chi connectivity index (χ1) is 14.6. The molecule has 1 aromatic carbocycles. The summed E-state index contributed by atoms with van der Waals surface area (Å²) in [7, 11) is 1.75. The van der Waals surface area contributed by atoms with Gasteiger partial charge in [0.2, 0.25) is 5.91 Å². The van der Waals surface area contributed by atoms with Gasteiger partial charge in [0, 0.05) is 44.3 Å². The highest BCUT2D eigenvalue weighted by Crippen LogP contribution is 2.27. The average Bonchev–Trinajstić information content (AvgIpc) is 2.70. The summed E-state index contributed by atoms with van der Waals surface area (Å²) in [5.41, 5.74) is 1.90. The average molecular weight is 543 g/mol. The van der Waals surface area contributed by atoms with Crippen molar-refractivity contribution < 1.29 is 14.3 Å². The van der Waals surface area contributed by atoms with E-state index in [1.165, 1.54) is 0 Å². The van der Waals surface area contributed by atoms with Gasteiger partial charge >= 0.3 is 6.09 Å². The van der Waals surface area contributed by atoms with Crippen molar-refractivity contribution >= 4 is 47.6 Å². The lowest BCUT2D eigenvalue weighted by Gasteiger charge is -2.32. The molecule has 1 heterocycles. The fourth-order valence-corrected chi connectivity index (χ4v) is 3.67. The van der Waals surface area contributed by atoms with Crippen molar-refractivity contribution in [1.82, 2.24) is 15.5 Å².